The van der Waals surface area contributed by atoms with Crippen molar-refractivity contribution in [3.05, 3.63) is 23.7 Å². The lowest BCUT2D eigenvalue weighted by Crippen LogP contribution is -2.14. The fourth-order valence-electron chi connectivity index (χ4n) is 0.652. The Hall–Kier alpha value is -2.06. The first kappa shape index (κ1) is 14.0. The quantitative estimate of drug-likeness (QED) is 0.352. The molecule has 0 unspecified atom stereocenters. The highest BCUT2D eigenvalue weighted by Crippen LogP contribution is 2.17. The van der Waals surface area contributed by atoms with Crippen LogP contribution in [0, 0.1) is 0 Å². The standard InChI is InChI=1S/C8H2Cl2O8/c9-3(11)1-2-4(12)15-18-8(14)6-5(7(10)13)16-17-6/h1-2H/b2-1+. The van der Waals surface area contributed by atoms with E-state index in [4.69, 9.17) is 23.2 Å². The summed E-state index contributed by atoms with van der Waals surface area (Å²) in [6, 6.07) is 0. The lowest BCUT2D eigenvalue weighted by Gasteiger charge is -2.03. The topological polar surface area (TPSA) is 113 Å². The molecule has 8 nitrogen and oxygen atoms in total. The Labute approximate surface area is 108 Å². The maximum absolute atomic E-state index is 11.1. The number of carbonyl (C=O) groups is 4. The molecule has 0 aromatic carbocycles. The largest absolute Gasteiger partial charge is 0.430 e. The van der Waals surface area contributed by atoms with Gasteiger partial charge in [0.05, 0.1) is 0 Å². The van der Waals surface area contributed by atoms with Crippen LogP contribution in [0.5, 0.6) is 0 Å². The first-order chi connectivity index (χ1) is 8.41. The second-order valence-electron chi connectivity index (χ2n) is 2.51. The average Bonchev–Trinajstić information content (AvgIpc) is 2.21. The van der Waals surface area contributed by atoms with Crippen molar-refractivity contribution in [2.45, 2.75) is 0 Å². The van der Waals surface area contributed by atoms with Gasteiger partial charge in [0, 0.05) is 12.2 Å². The molecule has 0 spiro atoms. The molecule has 10 heteroatoms. The van der Waals surface area contributed by atoms with Crippen LogP contribution in [0.1, 0.15) is 21.1 Å². The minimum atomic E-state index is -1.32. The lowest BCUT2D eigenvalue weighted by molar-refractivity contribution is -0.230. The molecule has 1 rings (SSSR count). The van der Waals surface area contributed by atoms with E-state index in [0.717, 1.165) is 0 Å². The molecule has 18 heavy (non-hydrogen) atoms. The van der Waals surface area contributed by atoms with Gasteiger partial charge in [-0.05, 0) is 23.2 Å². The molecule has 0 amide bonds. The summed E-state index contributed by atoms with van der Waals surface area (Å²) < 4.78 is 8.20. The van der Waals surface area contributed by atoms with Crippen LogP contribution in [0.25, 0.3) is 0 Å². The molecule has 0 N–H and O–H groups in total. The van der Waals surface area contributed by atoms with Crippen LogP contribution in [0.2, 0.25) is 0 Å². The van der Waals surface area contributed by atoms with Crippen LogP contribution < -0.4 is 0 Å². The number of hydrogen-bond donors (Lipinski definition) is 0. The minimum Gasteiger partial charge on any atom is -0.280 e. The van der Waals surface area contributed by atoms with E-state index in [-0.39, 0.29) is 0 Å². The van der Waals surface area contributed by atoms with Crippen LogP contribution >= 0.6 is 23.2 Å². The zero-order chi connectivity index (χ0) is 13.7. The smallest absolute Gasteiger partial charge is 0.280 e. The molecule has 0 aliphatic heterocycles. The summed E-state index contributed by atoms with van der Waals surface area (Å²) in [4.78, 5) is 50.6. The van der Waals surface area contributed by atoms with Crippen molar-refractivity contribution in [2.75, 3.05) is 0 Å². The van der Waals surface area contributed by atoms with Gasteiger partial charge < -0.3 is 0 Å². The second kappa shape index (κ2) is 6.03. The molecule has 1 aromatic rings. The van der Waals surface area contributed by atoms with E-state index >= 15 is 0 Å². The van der Waals surface area contributed by atoms with Gasteiger partial charge >= 0.3 is 17.7 Å². The third-order valence-corrected chi connectivity index (χ3v) is 1.63. The first-order valence-electron chi connectivity index (χ1n) is 4.00. The first-order valence-corrected chi connectivity index (χ1v) is 4.76. The molecular formula is C8H2Cl2O8. The molecule has 0 saturated heterocycles. The molecule has 0 bridgehead atoms. The van der Waals surface area contributed by atoms with Gasteiger partial charge in [0.15, 0.2) is 0 Å². The summed E-state index contributed by atoms with van der Waals surface area (Å²) in [5.41, 5.74) is 0. The summed E-state index contributed by atoms with van der Waals surface area (Å²) in [5, 5.41) is -2.01. The highest BCUT2D eigenvalue weighted by Gasteiger charge is 2.31. The fraction of sp³-hybridized carbons (Fsp3) is 0. The van der Waals surface area contributed by atoms with Crippen LogP contribution in [-0.2, 0) is 19.4 Å². The Morgan fingerprint density at radius 1 is 0.944 bits per heavy atom. The van der Waals surface area contributed by atoms with Gasteiger partial charge in [-0.25, -0.2) is 19.4 Å². The van der Waals surface area contributed by atoms with E-state index in [1.807, 2.05) is 0 Å². The molecule has 96 valence electrons. The van der Waals surface area contributed by atoms with E-state index in [1.54, 1.807) is 0 Å². The maximum Gasteiger partial charge on any atom is 0.430 e. The van der Waals surface area contributed by atoms with Crippen LogP contribution in [0.4, 0.5) is 0 Å². The molecule has 0 fully saturated rings. The van der Waals surface area contributed by atoms with Crippen molar-refractivity contribution in [1.82, 2.24) is 0 Å². The highest BCUT2D eigenvalue weighted by atomic mass is 35.5. The SMILES string of the molecule is O=C(Cl)/C=C/C(=O)OOC(=O)c1ooc1C(=O)Cl. The maximum atomic E-state index is 11.1. The van der Waals surface area contributed by atoms with Gasteiger partial charge in [0.2, 0.25) is 5.24 Å². The zero-order valence-corrected chi connectivity index (χ0v) is 9.69. The third kappa shape index (κ3) is 3.75. The Morgan fingerprint density at radius 2 is 1.56 bits per heavy atom. The van der Waals surface area contributed by atoms with E-state index < -0.39 is 33.9 Å². The summed E-state index contributed by atoms with van der Waals surface area (Å²) in [5.74, 6) is -3.73. The van der Waals surface area contributed by atoms with Crippen molar-refractivity contribution >= 4 is 45.6 Å². The Bertz CT molecular complexity index is 522. The van der Waals surface area contributed by atoms with Gasteiger partial charge in [-0.15, -0.1) is 0 Å². The highest BCUT2D eigenvalue weighted by molar-refractivity contribution is 6.67. The summed E-state index contributed by atoms with van der Waals surface area (Å²) >= 11 is 9.87. The van der Waals surface area contributed by atoms with Crippen molar-refractivity contribution < 1.29 is 38.1 Å². The predicted molar refractivity (Wildman–Crippen MR) is 52.7 cm³/mol. The monoisotopic (exact) mass is 296 g/mol. The summed E-state index contributed by atoms with van der Waals surface area (Å²) in [6.45, 7) is 0. The zero-order valence-electron chi connectivity index (χ0n) is 8.18. The number of allylic oxidation sites excluding steroid dienone is 1. The van der Waals surface area contributed by atoms with Gasteiger partial charge in [0.1, 0.15) is 0 Å². The normalized spacial score (nSPS) is 10.3. The predicted octanol–water partition coefficient (Wildman–Crippen LogP) is 1.19. The van der Waals surface area contributed by atoms with E-state index in [9.17, 15) is 19.2 Å². The average molecular weight is 297 g/mol. The molecule has 0 saturated carbocycles. The van der Waals surface area contributed by atoms with Crippen LogP contribution in [-0.4, -0.2) is 22.4 Å². The Balaban J connectivity index is 2.48. The lowest BCUT2D eigenvalue weighted by atomic mass is 10.4. The molecule has 1 heterocycles. The van der Waals surface area contributed by atoms with E-state index in [2.05, 4.69) is 18.9 Å². The number of halogens is 2. The van der Waals surface area contributed by atoms with Gasteiger partial charge in [-0.2, -0.15) is 0 Å². The minimum absolute atomic E-state index is 0.579. The fourth-order valence-corrected chi connectivity index (χ4v) is 0.832. The van der Waals surface area contributed by atoms with Gasteiger partial charge in [0.25, 0.3) is 11.0 Å². The molecule has 1 aromatic heterocycles. The van der Waals surface area contributed by atoms with Crippen LogP contribution in [0.3, 0.4) is 0 Å². The molecule has 0 aliphatic rings. The van der Waals surface area contributed by atoms with Crippen molar-refractivity contribution in [1.29, 1.82) is 0 Å². The van der Waals surface area contributed by atoms with Crippen molar-refractivity contribution in [3.8, 4) is 0 Å². The molecular weight excluding hydrogens is 295 g/mol. The summed E-state index contributed by atoms with van der Waals surface area (Å²) in [6.07, 6.45) is 1.29. The Kier molecular flexibility index (Phi) is 4.69. The summed E-state index contributed by atoms with van der Waals surface area (Å²) in [7, 11) is 0. The molecule has 0 atom stereocenters. The molecule has 0 radical (unpaired) electrons. The second-order valence-corrected chi connectivity index (χ2v) is 3.23. The number of carbonyl (C=O) groups excluding carboxylic acids is 4. The van der Waals surface area contributed by atoms with Crippen LogP contribution in [0.15, 0.2) is 21.3 Å². The van der Waals surface area contributed by atoms with Crippen molar-refractivity contribution in [2.24, 2.45) is 0 Å². The third-order valence-electron chi connectivity index (χ3n) is 1.33. The molecule has 0 aliphatic carbocycles. The number of hydrogen-bond acceptors (Lipinski definition) is 8. The van der Waals surface area contributed by atoms with E-state index in [0.29, 0.717) is 12.2 Å². The Morgan fingerprint density at radius 3 is 2.00 bits per heavy atom. The number of rotatable bonds is 4. The van der Waals surface area contributed by atoms with Gasteiger partial charge in [-0.1, -0.05) is 0 Å². The van der Waals surface area contributed by atoms with Gasteiger partial charge in [-0.3, -0.25) is 18.7 Å². The van der Waals surface area contributed by atoms with E-state index in [1.165, 1.54) is 0 Å². The van der Waals surface area contributed by atoms with Crippen molar-refractivity contribution in [3.63, 3.8) is 0 Å².